The van der Waals surface area contributed by atoms with E-state index in [1.807, 2.05) is 30.3 Å². The first-order valence-electron chi connectivity index (χ1n) is 10.2. The maximum Gasteiger partial charge on any atom is 0.417 e. The molecule has 0 unspecified atom stereocenters. The van der Waals surface area contributed by atoms with Crippen molar-refractivity contribution in [2.45, 2.75) is 23.6 Å². The Labute approximate surface area is 186 Å². The number of cyclic esters (lactones) is 1. The van der Waals surface area contributed by atoms with Crippen LogP contribution in [0.1, 0.15) is 5.56 Å². The molecule has 2 amide bonds. The molecule has 10 heteroatoms. The van der Waals surface area contributed by atoms with E-state index in [2.05, 4.69) is 4.98 Å². The molecule has 1 fully saturated rings. The van der Waals surface area contributed by atoms with Crippen LogP contribution < -0.4 is 0 Å². The first kappa shape index (κ1) is 22.1. The fourth-order valence-electron chi connectivity index (χ4n) is 3.85. The van der Waals surface area contributed by atoms with Gasteiger partial charge in [-0.25, -0.2) is 23.1 Å². The summed E-state index contributed by atoms with van der Waals surface area (Å²) in [5.41, 5.74) is 0.943. The molecular weight excluding hydrogens is 434 g/mol. The molecule has 0 radical (unpaired) electrons. The number of nitrogens with zero attached hydrogens (tertiary/aromatic N) is 3. The number of β-amino-alcohol motifs (C(OH)–C–C–N with tert-alkyl or cyclic N) is 1. The van der Waals surface area contributed by atoms with Gasteiger partial charge in [0.15, 0.2) is 5.03 Å². The lowest BCUT2D eigenvalue weighted by Gasteiger charge is -2.27. The Kier molecular flexibility index (Phi) is 6.35. The van der Waals surface area contributed by atoms with Crippen molar-refractivity contribution in [1.29, 1.82) is 0 Å². The highest BCUT2D eigenvalue weighted by molar-refractivity contribution is 7.89. The lowest BCUT2D eigenvalue weighted by Crippen LogP contribution is -2.48. The van der Waals surface area contributed by atoms with E-state index in [-0.39, 0.29) is 24.7 Å². The SMILES string of the molecule is O=C1OC[C@H](Cc2ccccc2)N1C(=O)[C@H]1C=CCN(S(=O)(=O)c2ccccn2)C[C@H]1O. The highest BCUT2D eigenvalue weighted by atomic mass is 32.2. The summed E-state index contributed by atoms with van der Waals surface area (Å²) >= 11 is 0. The van der Waals surface area contributed by atoms with Crippen molar-refractivity contribution in [2.24, 2.45) is 5.92 Å². The average Bonchev–Trinajstić information content (AvgIpc) is 3.03. The van der Waals surface area contributed by atoms with Crippen molar-refractivity contribution in [1.82, 2.24) is 14.2 Å². The van der Waals surface area contributed by atoms with Crippen molar-refractivity contribution < 1.29 is 27.9 Å². The molecule has 0 aliphatic carbocycles. The molecule has 1 aromatic heterocycles. The summed E-state index contributed by atoms with van der Waals surface area (Å²) < 4.78 is 31.9. The minimum Gasteiger partial charge on any atom is -0.447 e. The molecule has 2 aliphatic heterocycles. The van der Waals surface area contributed by atoms with Gasteiger partial charge in [0, 0.05) is 19.3 Å². The van der Waals surface area contributed by atoms with Gasteiger partial charge in [0.2, 0.25) is 5.91 Å². The zero-order chi connectivity index (χ0) is 22.7. The Morgan fingerprint density at radius 1 is 1.16 bits per heavy atom. The lowest BCUT2D eigenvalue weighted by atomic mass is 9.98. The summed E-state index contributed by atoms with van der Waals surface area (Å²) in [6, 6.07) is 13.4. The second-order valence-corrected chi connectivity index (χ2v) is 9.52. The second-order valence-electron chi connectivity index (χ2n) is 7.64. The van der Waals surface area contributed by atoms with Crippen molar-refractivity contribution in [3.05, 3.63) is 72.4 Å². The van der Waals surface area contributed by atoms with Gasteiger partial charge in [-0.3, -0.25) is 4.79 Å². The third kappa shape index (κ3) is 4.43. The fourth-order valence-corrected chi connectivity index (χ4v) is 5.19. The van der Waals surface area contributed by atoms with Crippen LogP contribution in [0.2, 0.25) is 0 Å². The van der Waals surface area contributed by atoms with Gasteiger partial charge >= 0.3 is 6.09 Å². The Bertz CT molecular complexity index is 1110. The quantitative estimate of drug-likeness (QED) is 0.671. The van der Waals surface area contributed by atoms with Crippen LogP contribution in [0.15, 0.2) is 71.9 Å². The van der Waals surface area contributed by atoms with Crippen LogP contribution >= 0.6 is 0 Å². The first-order chi connectivity index (χ1) is 15.4. The summed E-state index contributed by atoms with van der Waals surface area (Å²) in [4.78, 5) is 30.5. The molecule has 1 saturated heterocycles. The van der Waals surface area contributed by atoms with Crippen molar-refractivity contribution in [3.63, 3.8) is 0 Å². The zero-order valence-corrected chi connectivity index (χ0v) is 18.0. The maximum absolute atomic E-state index is 13.2. The number of aliphatic hydroxyl groups excluding tert-OH is 1. The predicted molar refractivity (Wildman–Crippen MR) is 114 cm³/mol. The molecule has 3 heterocycles. The number of pyridine rings is 1. The number of imide groups is 1. The minimum atomic E-state index is -3.95. The molecule has 0 bridgehead atoms. The van der Waals surface area contributed by atoms with Gasteiger partial charge in [0.05, 0.1) is 18.1 Å². The van der Waals surface area contributed by atoms with Crippen LogP contribution in [0.5, 0.6) is 0 Å². The minimum absolute atomic E-state index is 0.0301. The number of hydrogen-bond donors (Lipinski definition) is 1. The van der Waals surface area contributed by atoms with Crippen LogP contribution in [0, 0.1) is 5.92 Å². The fraction of sp³-hybridized carbons (Fsp3) is 0.318. The number of amides is 2. The number of aromatic nitrogens is 1. The van der Waals surface area contributed by atoms with Gasteiger partial charge < -0.3 is 9.84 Å². The number of hydrogen-bond acceptors (Lipinski definition) is 7. The number of rotatable bonds is 5. The van der Waals surface area contributed by atoms with E-state index in [9.17, 15) is 23.1 Å². The molecule has 2 aromatic rings. The summed E-state index contributed by atoms with van der Waals surface area (Å²) in [6.45, 7) is -0.279. The summed E-state index contributed by atoms with van der Waals surface area (Å²) in [5.74, 6) is -1.70. The van der Waals surface area contributed by atoms with Gasteiger partial charge in [0.25, 0.3) is 10.0 Å². The molecule has 9 nitrogen and oxygen atoms in total. The van der Waals surface area contributed by atoms with E-state index in [1.54, 1.807) is 12.1 Å². The highest BCUT2D eigenvalue weighted by Crippen LogP contribution is 2.25. The molecule has 32 heavy (non-hydrogen) atoms. The van der Waals surface area contributed by atoms with E-state index < -0.39 is 40.1 Å². The molecule has 2 aliphatic rings. The Morgan fingerprint density at radius 2 is 1.91 bits per heavy atom. The monoisotopic (exact) mass is 457 g/mol. The molecule has 0 saturated carbocycles. The van der Waals surface area contributed by atoms with Crippen LogP contribution in [0.3, 0.4) is 0 Å². The second kappa shape index (κ2) is 9.19. The molecule has 0 spiro atoms. The van der Waals surface area contributed by atoms with Crippen LogP contribution in [0.4, 0.5) is 4.79 Å². The number of carbonyl (C=O) groups is 2. The molecule has 1 aromatic carbocycles. The van der Waals surface area contributed by atoms with E-state index in [0.717, 1.165) is 14.8 Å². The standard InChI is InChI=1S/C22H23N3O6S/c26-19-14-24(32(29,30)20-10-4-5-11-23-20)12-6-9-18(19)21(27)25-17(15-31-22(25)28)13-16-7-2-1-3-8-16/h1-11,17-19,26H,12-15H2/t17-,18-,19+/m0/s1. The highest BCUT2D eigenvalue weighted by Gasteiger charge is 2.43. The third-order valence-electron chi connectivity index (χ3n) is 5.50. The smallest absolute Gasteiger partial charge is 0.417 e. The average molecular weight is 458 g/mol. The number of aliphatic hydroxyl groups is 1. The number of ether oxygens (including phenoxy) is 1. The summed E-state index contributed by atoms with van der Waals surface area (Å²) in [5, 5.41) is 10.6. The van der Waals surface area contributed by atoms with E-state index in [0.29, 0.717) is 6.42 Å². The molecule has 4 rings (SSSR count). The van der Waals surface area contributed by atoms with E-state index >= 15 is 0 Å². The van der Waals surface area contributed by atoms with Crippen molar-refractivity contribution in [3.8, 4) is 0 Å². The van der Waals surface area contributed by atoms with E-state index in [1.165, 1.54) is 24.4 Å². The van der Waals surface area contributed by atoms with Gasteiger partial charge in [-0.1, -0.05) is 48.6 Å². The lowest BCUT2D eigenvalue weighted by molar-refractivity contribution is -0.135. The molecule has 3 atom stereocenters. The third-order valence-corrected chi connectivity index (χ3v) is 7.25. The number of sulfonamides is 1. The molecular formula is C22H23N3O6S. The van der Waals surface area contributed by atoms with Crippen molar-refractivity contribution in [2.75, 3.05) is 19.7 Å². The van der Waals surface area contributed by atoms with E-state index in [4.69, 9.17) is 4.74 Å². The van der Waals surface area contributed by atoms with Gasteiger partial charge in [0.1, 0.15) is 6.61 Å². The van der Waals surface area contributed by atoms with Crippen LogP contribution in [-0.4, -0.2) is 71.6 Å². The molecule has 168 valence electrons. The van der Waals surface area contributed by atoms with Crippen molar-refractivity contribution >= 4 is 22.0 Å². The number of carbonyl (C=O) groups excluding carboxylic acids is 2. The van der Waals surface area contributed by atoms with Gasteiger partial charge in [-0.2, -0.15) is 4.31 Å². The zero-order valence-electron chi connectivity index (χ0n) is 17.1. The van der Waals surface area contributed by atoms with Crippen LogP contribution in [-0.2, 0) is 26.0 Å². The molecule has 1 N–H and O–H groups in total. The predicted octanol–water partition coefficient (Wildman–Crippen LogP) is 1.21. The summed E-state index contributed by atoms with van der Waals surface area (Å²) in [6.07, 6.45) is 2.64. The van der Waals surface area contributed by atoms with Crippen LogP contribution in [0.25, 0.3) is 0 Å². The Balaban J connectivity index is 1.51. The Hall–Kier alpha value is -3.08. The Morgan fingerprint density at radius 3 is 2.62 bits per heavy atom. The first-order valence-corrected chi connectivity index (χ1v) is 11.6. The summed E-state index contributed by atoms with van der Waals surface area (Å²) in [7, 11) is -3.95. The number of benzene rings is 1. The van der Waals surface area contributed by atoms with Gasteiger partial charge in [-0.05, 0) is 24.1 Å². The largest absolute Gasteiger partial charge is 0.447 e. The maximum atomic E-state index is 13.2. The normalized spacial score (nSPS) is 24.2. The topological polar surface area (TPSA) is 117 Å². The van der Waals surface area contributed by atoms with Gasteiger partial charge in [-0.15, -0.1) is 0 Å².